The SMILES string of the molecule is Cc1cccn2c(=O)c(/C=C3/SC(=S)N(CCCCCCCCCCC(=O)O)C3=O)c(NCCCOC(C)C)nc12. The third-order valence-corrected chi connectivity index (χ3v) is 8.20. The van der Waals surface area contributed by atoms with Gasteiger partial charge in [-0.15, -0.1) is 0 Å². The number of rotatable bonds is 18. The van der Waals surface area contributed by atoms with Gasteiger partial charge in [-0.1, -0.05) is 68.6 Å². The van der Waals surface area contributed by atoms with E-state index in [-0.39, 0.29) is 24.0 Å². The zero-order chi connectivity index (χ0) is 29.8. The summed E-state index contributed by atoms with van der Waals surface area (Å²) in [7, 11) is 0. The molecule has 1 aliphatic heterocycles. The minimum atomic E-state index is -0.730. The maximum atomic E-state index is 13.5. The molecule has 41 heavy (non-hydrogen) atoms. The second-order valence-electron chi connectivity index (χ2n) is 10.6. The van der Waals surface area contributed by atoms with Crippen LogP contribution < -0.4 is 10.9 Å². The number of carbonyl (C=O) groups excluding carboxylic acids is 1. The number of aromatic nitrogens is 2. The van der Waals surface area contributed by atoms with Crippen LogP contribution in [0.25, 0.3) is 11.7 Å². The van der Waals surface area contributed by atoms with E-state index < -0.39 is 5.97 Å². The standard InChI is InChI=1S/C30H42N4O5S2/c1-21(2)39-19-13-16-31-26-23(28(37)33-18-12-14-22(3)27(33)32-26)20-24-29(38)34(30(40)41-24)17-11-9-7-5-4-6-8-10-15-25(35)36/h12,14,18,20-21,31H,4-11,13,15-17,19H2,1-3H3,(H,35,36)/b24-20+. The molecular formula is C30H42N4O5S2. The van der Waals surface area contributed by atoms with E-state index in [0.29, 0.717) is 46.0 Å². The summed E-state index contributed by atoms with van der Waals surface area (Å²) < 4.78 is 7.64. The number of amides is 1. The Hall–Kier alpha value is -2.76. The summed E-state index contributed by atoms with van der Waals surface area (Å²) in [4.78, 5) is 44.2. The van der Waals surface area contributed by atoms with E-state index in [1.165, 1.54) is 16.2 Å². The topological polar surface area (TPSA) is 113 Å². The van der Waals surface area contributed by atoms with Crippen LogP contribution in [0.4, 0.5) is 5.82 Å². The lowest BCUT2D eigenvalue weighted by Crippen LogP contribution is -2.29. The molecule has 0 radical (unpaired) electrons. The molecule has 1 aliphatic rings. The molecule has 0 atom stereocenters. The maximum absolute atomic E-state index is 13.5. The van der Waals surface area contributed by atoms with E-state index in [4.69, 9.17) is 27.0 Å². The number of anilines is 1. The van der Waals surface area contributed by atoms with E-state index in [9.17, 15) is 14.4 Å². The number of hydrogen-bond acceptors (Lipinski definition) is 8. The van der Waals surface area contributed by atoms with Crippen molar-refractivity contribution in [1.29, 1.82) is 0 Å². The van der Waals surface area contributed by atoms with Crippen molar-refractivity contribution in [2.75, 3.05) is 25.0 Å². The molecule has 9 nitrogen and oxygen atoms in total. The van der Waals surface area contributed by atoms with Gasteiger partial charge < -0.3 is 15.2 Å². The molecule has 11 heteroatoms. The summed E-state index contributed by atoms with van der Waals surface area (Å²) in [6.07, 6.45) is 12.3. The number of carboxylic acid groups (broad SMARTS) is 1. The van der Waals surface area contributed by atoms with Crippen LogP contribution in [-0.4, -0.2) is 61.4 Å². The first kappa shape index (κ1) is 32.8. The third-order valence-electron chi connectivity index (χ3n) is 6.82. The van der Waals surface area contributed by atoms with Gasteiger partial charge in [0.25, 0.3) is 11.5 Å². The first-order valence-electron chi connectivity index (χ1n) is 14.5. The number of unbranched alkanes of at least 4 members (excludes halogenated alkanes) is 7. The summed E-state index contributed by atoms with van der Waals surface area (Å²) in [6.45, 7) is 7.62. The fourth-order valence-electron chi connectivity index (χ4n) is 4.61. The first-order valence-corrected chi connectivity index (χ1v) is 15.8. The average molecular weight is 603 g/mol. The van der Waals surface area contributed by atoms with Crippen LogP contribution in [0.1, 0.15) is 89.2 Å². The third kappa shape index (κ3) is 9.93. The number of pyridine rings is 1. The monoisotopic (exact) mass is 602 g/mol. The van der Waals surface area contributed by atoms with E-state index in [1.807, 2.05) is 32.9 Å². The molecule has 0 saturated carbocycles. The normalized spacial score (nSPS) is 14.6. The Labute approximate surface area is 251 Å². The average Bonchev–Trinajstić information content (AvgIpc) is 3.18. The van der Waals surface area contributed by atoms with E-state index in [0.717, 1.165) is 63.4 Å². The van der Waals surface area contributed by atoms with Crippen molar-refractivity contribution in [2.24, 2.45) is 0 Å². The molecule has 0 aliphatic carbocycles. The van der Waals surface area contributed by atoms with Crippen molar-refractivity contribution in [2.45, 2.75) is 91.1 Å². The van der Waals surface area contributed by atoms with E-state index in [1.54, 1.807) is 17.2 Å². The van der Waals surface area contributed by atoms with E-state index in [2.05, 4.69) is 5.32 Å². The zero-order valence-corrected chi connectivity index (χ0v) is 26.0. The second kappa shape index (κ2) is 16.6. The van der Waals surface area contributed by atoms with E-state index >= 15 is 0 Å². The largest absolute Gasteiger partial charge is 0.481 e. The van der Waals surface area contributed by atoms with Crippen LogP contribution in [-0.2, 0) is 14.3 Å². The number of carbonyl (C=O) groups is 2. The fraction of sp³-hybridized carbons (Fsp3) is 0.567. The number of aryl methyl sites for hydroxylation is 1. The highest BCUT2D eigenvalue weighted by atomic mass is 32.2. The van der Waals surface area contributed by atoms with Gasteiger partial charge in [0.1, 0.15) is 15.8 Å². The van der Waals surface area contributed by atoms with Gasteiger partial charge >= 0.3 is 5.97 Å². The van der Waals surface area contributed by atoms with Crippen LogP contribution in [0, 0.1) is 6.92 Å². The number of nitrogens with zero attached hydrogens (tertiary/aromatic N) is 3. The van der Waals surface area contributed by atoms with Crippen LogP contribution in [0.5, 0.6) is 0 Å². The number of aliphatic carboxylic acids is 1. The molecule has 2 N–H and O–H groups in total. The zero-order valence-electron chi connectivity index (χ0n) is 24.3. The van der Waals surface area contributed by atoms with Crippen molar-refractivity contribution >= 4 is 57.7 Å². The number of thiocarbonyl (C=S) groups is 1. The van der Waals surface area contributed by atoms with Gasteiger partial charge in [0.2, 0.25) is 0 Å². The number of nitrogens with one attached hydrogen (secondary N) is 1. The van der Waals surface area contributed by atoms with Crippen molar-refractivity contribution in [3.05, 3.63) is 44.7 Å². The lowest BCUT2D eigenvalue weighted by molar-refractivity contribution is -0.137. The summed E-state index contributed by atoms with van der Waals surface area (Å²) in [5, 5.41) is 12.0. The molecule has 0 spiro atoms. The minimum absolute atomic E-state index is 0.153. The van der Waals surface area contributed by atoms with Gasteiger partial charge in [-0.3, -0.25) is 23.7 Å². The van der Waals surface area contributed by atoms with Crippen molar-refractivity contribution in [3.8, 4) is 0 Å². The summed E-state index contributed by atoms with van der Waals surface area (Å²) in [6, 6.07) is 3.72. The van der Waals surface area contributed by atoms with Crippen LogP contribution in [0.2, 0.25) is 0 Å². The Morgan fingerprint density at radius 1 is 1.12 bits per heavy atom. The first-order chi connectivity index (χ1) is 19.7. The number of ether oxygens (including phenoxy) is 1. The van der Waals surface area contributed by atoms with Crippen LogP contribution in [0.3, 0.4) is 0 Å². The van der Waals surface area contributed by atoms with Gasteiger partial charge in [0.15, 0.2) is 0 Å². The lowest BCUT2D eigenvalue weighted by Gasteiger charge is -2.14. The molecule has 3 heterocycles. The maximum Gasteiger partial charge on any atom is 0.303 e. The number of thioether (sulfide) groups is 1. The lowest BCUT2D eigenvalue weighted by atomic mass is 10.1. The van der Waals surface area contributed by atoms with Crippen molar-refractivity contribution in [3.63, 3.8) is 0 Å². The van der Waals surface area contributed by atoms with Gasteiger partial charge in [0.05, 0.1) is 16.6 Å². The van der Waals surface area contributed by atoms with Crippen LogP contribution >= 0.6 is 24.0 Å². The fourth-order valence-corrected chi connectivity index (χ4v) is 5.90. The number of hydrogen-bond donors (Lipinski definition) is 2. The minimum Gasteiger partial charge on any atom is -0.481 e. The Morgan fingerprint density at radius 2 is 1.80 bits per heavy atom. The summed E-state index contributed by atoms with van der Waals surface area (Å²) >= 11 is 6.75. The highest BCUT2D eigenvalue weighted by molar-refractivity contribution is 8.26. The molecule has 0 unspecified atom stereocenters. The summed E-state index contributed by atoms with van der Waals surface area (Å²) in [5.74, 6) is -0.461. The predicted molar refractivity (Wildman–Crippen MR) is 169 cm³/mol. The number of carboxylic acids is 1. The summed E-state index contributed by atoms with van der Waals surface area (Å²) in [5.41, 5.74) is 1.55. The molecular weight excluding hydrogens is 560 g/mol. The molecule has 1 fully saturated rings. The second-order valence-corrected chi connectivity index (χ2v) is 12.2. The van der Waals surface area contributed by atoms with Gasteiger partial charge in [-0.05, 0) is 57.7 Å². The van der Waals surface area contributed by atoms with Crippen molar-refractivity contribution in [1.82, 2.24) is 14.3 Å². The molecule has 1 saturated heterocycles. The smallest absolute Gasteiger partial charge is 0.303 e. The molecule has 2 aromatic heterocycles. The Bertz CT molecular complexity index is 1310. The molecule has 3 rings (SSSR count). The van der Waals surface area contributed by atoms with Gasteiger partial charge in [-0.25, -0.2) is 4.98 Å². The highest BCUT2D eigenvalue weighted by Crippen LogP contribution is 2.33. The van der Waals surface area contributed by atoms with Gasteiger partial charge in [0, 0.05) is 32.3 Å². The quantitative estimate of drug-likeness (QED) is 0.120. The van der Waals surface area contributed by atoms with Crippen LogP contribution in [0.15, 0.2) is 28.0 Å². The predicted octanol–water partition coefficient (Wildman–Crippen LogP) is 6.03. The molecule has 224 valence electrons. The molecule has 0 bridgehead atoms. The number of fused-ring (bicyclic) bond motifs is 1. The van der Waals surface area contributed by atoms with Gasteiger partial charge in [-0.2, -0.15) is 0 Å². The Kier molecular flexibility index (Phi) is 13.3. The Balaban J connectivity index is 1.62. The Morgan fingerprint density at radius 3 is 2.49 bits per heavy atom. The van der Waals surface area contributed by atoms with Crippen molar-refractivity contribution < 1.29 is 19.4 Å². The molecule has 1 amide bonds. The highest BCUT2D eigenvalue weighted by Gasteiger charge is 2.32. The molecule has 2 aromatic rings. The molecule has 0 aromatic carbocycles.